The number of aromatic nitrogens is 3. The van der Waals surface area contributed by atoms with Gasteiger partial charge in [0.2, 0.25) is 0 Å². The van der Waals surface area contributed by atoms with Gasteiger partial charge < -0.3 is 15.2 Å². The molecule has 1 aliphatic rings. The molecule has 18 heavy (non-hydrogen) atoms. The van der Waals surface area contributed by atoms with Crippen LogP contribution in [0.2, 0.25) is 0 Å². The summed E-state index contributed by atoms with van der Waals surface area (Å²) in [5.41, 5.74) is 6.32. The SMILES string of the molecule is CC1(c2csc(Cn3ccc(N)n3)n2)OC=CO1. The first-order valence-electron chi connectivity index (χ1n) is 5.40. The van der Waals surface area contributed by atoms with Crippen LogP contribution >= 0.6 is 11.3 Å². The summed E-state index contributed by atoms with van der Waals surface area (Å²) < 4.78 is 12.5. The van der Waals surface area contributed by atoms with E-state index in [9.17, 15) is 0 Å². The van der Waals surface area contributed by atoms with Crippen molar-refractivity contribution in [2.75, 3.05) is 5.73 Å². The van der Waals surface area contributed by atoms with Crippen molar-refractivity contribution < 1.29 is 9.47 Å². The van der Waals surface area contributed by atoms with Crippen molar-refractivity contribution in [3.05, 3.63) is 40.9 Å². The Morgan fingerprint density at radius 1 is 1.44 bits per heavy atom. The van der Waals surface area contributed by atoms with Crippen LogP contribution in [0.15, 0.2) is 30.2 Å². The van der Waals surface area contributed by atoms with E-state index in [1.54, 1.807) is 10.7 Å². The number of hydrogen-bond acceptors (Lipinski definition) is 6. The summed E-state index contributed by atoms with van der Waals surface area (Å²) in [6, 6.07) is 1.75. The first-order chi connectivity index (χ1) is 8.66. The molecule has 0 radical (unpaired) electrons. The summed E-state index contributed by atoms with van der Waals surface area (Å²) in [5.74, 6) is -0.303. The number of anilines is 1. The molecule has 2 aromatic rings. The number of thiazole rings is 1. The molecule has 0 bridgehead atoms. The molecule has 0 spiro atoms. The van der Waals surface area contributed by atoms with Gasteiger partial charge in [-0.15, -0.1) is 11.3 Å². The van der Waals surface area contributed by atoms with Crippen molar-refractivity contribution in [1.29, 1.82) is 0 Å². The number of rotatable bonds is 3. The Hall–Kier alpha value is -2.02. The molecule has 3 rings (SSSR count). The molecule has 1 aliphatic heterocycles. The third-order valence-electron chi connectivity index (χ3n) is 2.62. The molecule has 0 saturated carbocycles. The molecule has 0 atom stereocenters. The largest absolute Gasteiger partial charge is 0.452 e. The maximum absolute atomic E-state index is 5.56. The van der Waals surface area contributed by atoms with Crippen molar-refractivity contribution >= 4 is 17.2 Å². The van der Waals surface area contributed by atoms with Gasteiger partial charge in [0.25, 0.3) is 5.79 Å². The molecular formula is C11H12N4O2S. The highest BCUT2D eigenvalue weighted by Gasteiger charge is 2.34. The molecule has 7 heteroatoms. The zero-order valence-corrected chi connectivity index (χ0v) is 10.6. The third-order valence-corrected chi connectivity index (χ3v) is 3.45. The van der Waals surface area contributed by atoms with E-state index in [-0.39, 0.29) is 0 Å². The van der Waals surface area contributed by atoms with Gasteiger partial charge in [0.15, 0.2) is 0 Å². The standard InChI is InChI=1S/C11H12N4O2S/c1-11(16-4-5-17-11)8-7-18-10(13-8)6-15-3-2-9(12)14-15/h2-5,7H,6H2,1H3,(H2,12,14). The molecule has 94 valence electrons. The second-order valence-electron chi connectivity index (χ2n) is 4.02. The van der Waals surface area contributed by atoms with Gasteiger partial charge in [0, 0.05) is 18.5 Å². The third kappa shape index (κ3) is 1.92. The normalized spacial score (nSPS) is 16.5. The molecule has 6 nitrogen and oxygen atoms in total. The maximum atomic E-state index is 5.56. The zero-order valence-electron chi connectivity index (χ0n) is 9.74. The van der Waals surface area contributed by atoms with Crippen LogP contribution in [0.5, 0.6) is 0 Å². The summed E-state index contributed by atoms with van der Waals surface area (Å²) in [6.07, 6.45) is 4.86. The topological polar surface area (TPSA) is 75.2 Å². The van der Waals surface area contributed by atoms with Gasteiger partial charge in [-0.3, -0.25) is 4.68 Å². The summed E-state index contributed by atoms with van der Waals surface area (Å²) in [4.78, 5) is 4.50. The van der Waals surface area contributed by atoms with E-state index in [0.29, 0.717) is 12.4 Å². The number of nitrogens with two attached hydrogens (primary N) is 1. The average Bonchev–Trinajstić information content (AvgIpc) is 3.02. The monoisotopic (exact) mass is 264 g/mol. The van der Waals surface area contributed by atoms with Gasteiger partial charge in [0.1, 0.15) is 29.0 Å². The van der Waals surface area contributed by atoms with Gasteiger partial charge in [0.05, 0.1) is 6.54 Å². The second kappa shape index (κ2) is 4.02. The number of nitrogen functional groups attached to an aromatic ring is 1. The Morgan fingerprint density at radius 2 is 2.22 bits per heavy atom. The van der Waals surface area contributed by atoms with E-state index in [0.717, 1.165) is 10.7 Å². The predicted molar refractivity (Wildman–Crippen MR) is 66.5 cm³/mol. The summed E-state index contributed by atoms with van der Waals surface area (Å²) >= 11 is 1.54. The van der Waals surface area contributed by atoms with E-state index < -0.39 is 5.79 Å². The molecule has 0 fully saturated rings. The molecule has 0 saturated heterocycles. The minimum Gasteiger partial charge on any atom is -0.452 e. The van der Waals surface area contributed by atoms with Crippen LogP contribution in [0, 0.1) is 0 Å². The van der Waals surface area contributed by atoms with E-state index >= 15 is 0 Å². The fourth-order valence-electron chi connectivity index (χ4n) is 1.66. The zero-order chi connectivity index (χ0) is 12.6. The van der Waals surface area contributed by atoms with Crippen molar-refractivity contribution in [3.8, 4) is 0 Å². The lowest BCUT2D eigenvalue weighted by Gasteiger charge is -2.20. The van der Waals surface area contributed by atoms with Crippen molar-refractivity contribution in [2.45, 2.75) is 19.3 Å². The molecule has 3 heterocycles. The minimum absolute atomic E-state index is 0.505. The molecule has 0 amide bonds. The highest BCUT2D eigenvalue weighted by molar-refractivity contribution is 7.09. The minimum atomic E-state index is -0.808. The highest BCUT2D eigenvalue weighted by Crippen LogP contribution is 2.32. The molecule has 2 N–H and O–H groups in total. The summed E-state index contributed by atoms with van der Waals surface area (Å²) in [6.45, 7) is 2.42. The van der Waals surface area contributed by atoms with Crippen LogP contribution < -0.4 is 5.73 Å². The van der Waals surface area contributed by atoms with Gasteiger partial charge in [-0.1, -0.05) is 0 Å². The van der Waals surface area contributed by atoms with Gasteiger partial charge in [-0.2, -0.15) is 5.10 Å². The van der Waals surface area contributed by atoms with Crippen LogP contribution in [-0.4, -0.2) is 14.8 Å². The number of hydrogen-bond donors (Lipinski definition) is 1. The smallest absolute Gasteiger partial charge is 0.291 e. The number of nitrogens with zero attached hydrogens (tertiary/aromatic N) is 3. The van der Waals surface area contributed by atoms with E-state index in [1.165, 1.54) is 23.9 Å². The quantitative estimate of drug-likeness (QED) is 0.912. The van der Waals surface area contributed by atoms with Crippen LogP contribution in [0.25, 0.3) is 0 Å². The Labute approximate surface area is 108 Å². The van der Waals surface area contributed by atoms with Gasteiger partial charge in [-0.05, 0) is 6.07 Å². The lowest BCUT2D eigenvalue weighted by molar-refractivity contribution is -0.136. The van der Waals surface area contributed by atoms with Crippen molar-refractivity contribution in [1.82, 2.24) is 14.8 Å². The fraction of sp³-hybridized carbons (Fsp3) is 0.273. The Bertz CT molecular complexity index is 581. The van der Waals surface area contributed by atoms with Crippen LogP contribution in [-0.2, 0) is 21.8 Å². The Morgan fingerprint density at radius 3 is 2.89 bits per heavy atom. The first kappa shape index (κ1) is 11.1. The molecule has 0 unspecified atom stereocenters. The van der Waals surface area contributed by atoms with Gasteiger partial charge >= 0.3 is 0 Å². The first-order valence-corrected chi connectivity index (χ1v) is 6.28. The van der Waals surface area contributed by atoms with Crippen molar-refractivity contribution in [2.24, 2.45) is 0 Å². The maximum Gasteiger partial charge on any atom is 0.291 e. The second-order valence-corrected chi connectivity index (χ2v) is 4.96. The molecule has 0 aliphatic carbocycles. The Kier molecular flexibility index (Phi) is 2.48. The number of ether oxygens (including phenoxy) is 2. The van der Waals surface area contributed by atoms with Crippen LogP contribution in [0.4, 0.5) is 5.82 Å². The molecular weight excluding hydrogens is 252 g/mol. The van der Waals surface area contributed by atoms with E-state index in [1.807, 2.05) is 18.5 Å². The summed E-state index contributed by atoms with van der Waals surface area (Å²) in [5, 5.41) is 6.97. The van der Waals surface area contributed by atoms with E-state index in [2.05, 4.69) is 10.1 Å². The summed E-state index contributed by atoms with van der Waals surface area (Å²) in [7, 11) is 0. The average molecular weight is 264 g/mol. The lowest BCUT2D eigenvalue weighted by Crippen LogP contribution is -2.22. The van der Waals surface area contributed by atoms with Crippen LogP contribution in [0.3, 0.4) is 0 Å². The van der Waals surface area contributed by atoms with Crippen LogP contribution in [0.1, 0.15) is 17.6 Å². The highest BCUT2D eigenvalue weighted by atomic mass is 32.1. The van der Waals surface area contributed by atoms with E-state index in [4.69, 9.17) is 15.2 Å². The van der Waals surface area contributed by atoms with Gasteiger partial charge in [-0.25, -0.2) is 4.98 Å². The van der Waals surface area contributed by atoms with Crippen molar-refractivity contribution in [3.63, 3.8) is 0 Å². The molecule has 2 aromatic heterocycles. The fourth-order valence-corrected chi connectivity index (χ4v) is 2.53. The Balaban J connectivity index is 1.77. The predicted octanol–water partition coefficient (Wildman–Crippen LogP) is 1.66. The lowest BCUT2D eigenvalue weighted by atomic mass is 10.2. The molecule has 0 aromatic carbocycles.